The van der Waals surface area contributed by atoms with E-state index in [1.807, 2.05) is 13.8 Å². The fourth-order valence-electron chi connectivity index (χ4n) is 11.5. The summed E-state index contributed by atoms with van der Waals surface area (Å²) in [5, 5.41) is 12.7. The Balaban J connectivity index is 1.62. The third-order valence-corrected chi connectivity index (χ3v) is 27.2. The lowest BCUT2D eigenvalue weighted by Gasteiger charge is -2.50. The van der Waals surface area contributed by atoms with Crippen LogP contribution < -0.4 is 0 Å². The molecule has 71 heavy (non-hydrogen) atoms. The molecule has 1 N–H and O–H groups in total. The van der Waals surface area contributed by atoms with Gasteiger partial charge in [0.05, 0.1) is 37.1 Å². The second-order valence-corrected chi connectivity index (χ2v) is 35.2. The van der Waals surface area contributed by atoms with Crippen LogP contribution in [0.2, 0.25) is 36.3 Å². The molecule has 4 fully saturated rings. The van der Waals surface area contributed by atoms with Gasteiger partial charge >= 0.3 is 5.97 Å². The van der Waals surface area contributed by atoms with Crippen molar-refractivity contribution in [1.29, 1.82) is 0 Å². The van der Waals surface area contributed by atoms with Gasteiger partial charge in [0.2, 0.25) is 11.4 Å². The first-order chi connectivity index (χ1) is 32.9. The number of ketones is 1. The Labute approximate surface area is 431 Å². The minimum Gasteiger partial charge on any atom is -0.456 e. The molecule has 5 rings (SSSR count). The first kappa shape index (κ1) is 60.1. The van der Waals surface area contributed by atoms with Crippen LogP contribution in [0.4, 0.5) is 0 Å². The smallest absolute Gasteiger partial charge is 0.329 e. The molecule has 13 nitrogen and oxygen atoms in total. The molecule has 1 amide bonds. The van der Waals surface area contributed by atoms with Crippen molar-refractivity contribution in [2.24, 2.45) is 29.6 Å². The van der Waals surface area contributed by atoms with Gasteiger partial charge in [0.15, 0.2) is 16.6 Å². The maximum atomic E-state index is 15.2. The van der Waals surface area contributed by atoms with E-state index in [0.717, 1.165) is 30.4 Å². The first-order valence-electron chi connectivity index (χ1n) is 27.3. The van der Waals surface area contributed by atoms with Crippen LogP contribution in [0.5, 0.6) is 0 Å². The topological polar surface area (TPSA) is 152 Å². The summed E-state index contributed by atoms with van der Waals surface area (Å²) in [5.41, 5.74) is 0.247. The van der Waals surface area contributed by atoms with Crippen molar-refractivity contribution in [1.82, 2.24) is 4.90 Å². The van der Waals surface area contributed by atoms with Gasteiger partial charge in [-0.2, -0.15) is 0 Å². The molecule has 0 unspecified atom stereocenters. The van der Waals surface area contributed by atoms with Crippen LogP contribution in [0, 0.1) is 29.6 Å². The largest absolute Gasteiger partial charge is 0.456 e. The molecule has 1 spiro atoms. The predicted octanol–water partition coefficient (Wildman–Crippen LogP) is 10.7. The third-order valence-electron chi connectivity index (χ3n) is 18.2. The number of piperidine rings is 1. The number of carbonyl (C=O) groups excluding carboxylic acids is 3. The van der Waals surface area contributed by atoms with E-state index >= 15 is 9.59 Å². The van der Waals surface area contributed by atoms with E-state index in [0.29, 0.717) is 51.5 Å². The maximum absolute atomic E-state index is 15.2. The molecule has 5 aliphatic rings. The van der Waals surface area contributed by atoms with Crippen molar-refractivity contribution >= 4 is 34.3 Å². The number of ether oxygens (including phenoxy) is 6. The van der Waals surface area contributed by atoms with Crippen molar-refractivity contribution in [2.45, 2.75) is 250 Å². The number of hydrogen-bond donors (Lipinski definition) is 1. The molecular weight excluding hydrogens is 935 g/mol. The van der Waals surface area contributed by atoms with Crippen molar-refractivity contribution < 1.29 is 56.8 Å². The number of rotatable bonds is 10. The van der Waals surface area contributed by atoms with Crippen LogP contribution in [-0.2, 0) is 51.7 Å². The fourth-order valence-corrected chi connectivity index (χ4v) is 14.3. The van der Waals surface area contributed by atoms with Crippen LogP contribution in [0.1, 0.15) is 154 Å². The number of amides is 1. The van der Waals surface area contributed by atoms with Crippen LogP contribution in [0.25, 0.3) is 0 Å². The van der Waals surface area contributed by atoms with E-state index in [-0.39, 0.29) is 58.8 Å². The highest BCUT2D eigenvalue weighted by Crippen LogP contribution is 2.52. The van der Waals surface area contributed by atoms with E-state index < -0.39 is 88.3 Å². The van der Waals surface area contributed by atoms with Gasteiger partial charge in [0.25, 0.3) is 5.91 Å². The molecule has 15 heteroatoms. The van der Waals surface area contributed by atoms with Gasteiger partial charge in [-0.3, -0.25) is 9.59 Å². The minimum atomic E-state index is -2.51. The second-order valence-electron chi connectivity index (χ2n) is 25.6. The Bertz CT molecular complexity index is 1890. The average molecular weight is 1030 g/mol. The first-order valence-corrected chi connectivity index (χ1v) is 33.1. The van der Waals surface area contributed by atoms with E-state index in [4.69, 9.17) is 37.3 Å². The average Bonchev–Trinajstić information content (AvgIpc) is 4.11. The van der Waals surface area contributed by atoms with Gasteiger partial charge in [0, 0.05) is 52.0 Å². The van der Waals surface area contributed by atoms with Gasteiger partial charge < -0.3 is 47.3 Å². The lowest BCUT2D eigenvalue weighted by Crippen LogP contribution is -2.68. The minimum absolute atomic E-state index is 0.0140. The lowest BCUT2D eigenvalue weighted by molar-refractivity contribution is -0.340. The van der Waals surface area contributed by atoms with E-state index in [9.17, 15) is 9.90 Å². The van der Waals surface area contributed by atoms with Crippen LogP contribution >= 0.6 is 0 Å². The molecule has 3 saturated heterocycles. The number of carbonyl (C=O) groups is 3. The van der Waals surface area contributed by atoms with Gasteiger partial charge in [-0.05, 0) is 132 Å². The molecule has 0 radical (unpaired) electrons. The Kier molecular flexibility index (Phi) is 20.0. The lowest BCUT2D eigenvalue weighted by atomic mass is 9.78. The van der Waals surface area contributed by atoms with Gasteiger partial charge in [-0.1, -0.05) is 87.0 Å². The number of allylic oxidation sites excluding steroid dienone is 3. The summed E-state index contributed by atoms with van der Waals surface area (Å²) in [4.78, 5) is 46.9. The summed E-state index contributed by atoms with van der Waals surface area (Å²) in [6.45, 7) is 34.9. The number of fused-ring (bicyclic) bond motifs is 4. The Morgan fingerprint density at radius 1 is 0.817 bits per heavy atom. The summed E-state index contributed by atoms with van der Waals surface area (Å²) in [6.07, 6.45) is 8.00. The molecule has 4 heterocycles. The fraction of sp³-hybridized carbons (Fsp3) is 0.875. The molecule has 4 aliphatic heterocycles. The predicted molar refractivity (Wildman–Crippen MR) is 284 cm³/mol. The van der Waals surface area contributed by atoms with E-state index in [1.165, 1.54) is 0 Å². The SMILES string of the molecule is CC[C@@H]1/C=C(\C)C[C@H](C)C[C@H](OC)[C@H]2O[C@](O)([C@H](C)C[C@@H]2OC)[C@@]2(CO2)C(=O)N2CCCC[C@H]2C(=O)O[C@H](/C(C)=C/[C@@H]2CC[C@@H](O[Si](C)(C)C(C)(C)C)[C@H](OC)C2)[C@H](C)[C@@H](O[Si](C)(C)C(C)(C)C)CC1=O. The van der Waals surface area contributed by atoms with Gasteiger partial charge in [0.1, 0.15) is 24.0 Å². The van der Waals surface area contributed by atoms with Crippen LogP contribution in [0.3, 0.4) is 0 Å². The number of esters is 1. The molecular formula is C56H99NO12Si2. The van der Waals surface area contributed by atoms with Crippen molar-refractivity contribution in [2.75, 3.05) is 34.5 Å². The van der Waals surface area contributed by atoms with Gasteiger partial charge in [-0.15, -0.1) is 0 Å². The Morgan fingerprint density at radius 2 is 1.39 bits per heavy atom. The highest BCUT2D eigenvalue weighted by molar-refractivity contribution is 6.74. The zero-order valence-electron chi connectivity index (χ0n) is 47.7. The summed E-state index contributed by atoms with van der Waals surface area (Å²) < 4.78 is 52.4. The number of nitrogens with zero attached hydrogens (tertiary/aromatic N) is 1. The Hall–Kier alpha value is -1.80. The second kappa shape index (κ2) is 23.6. The van der Waals surface area contributed by atoms with E-state index in [1.54, 1.807) is 26.2 Å². The summed E-state index contributed by atoms with van der Waals surface area (Å²) in [5.74, 6) is -4.05. The molecule has 1 saturated carbocycles. The number of aliphatic hydroxyl groups is 1. The third kappa shape index (κ3) is 13.4. The number of methoxy groups -OCH3 is 3. The van der Waals surface area contributed by atoms with E-state index in [2.05, 4.69) is 108 Å². The van der Waals surface area contributed by atoms with Crippen molar-refractivity contribution in [3.63, 3.8) is 0 Å². The standard InChI is InChI=1S/C56H99NO12Si2/c1-20-41-28-35(2)27-36(3)29-47(63-14)50-48(64-15)31-38(5)56(61,67-50)55(34-65-55)52(60)57-26-22-21-23-42(57)51(59)66-49(39(6)45(33-43(41)58)69-71(18,19)54(10,11)12)37(4)30-40-24-25-44(46(32-40)62-13)68-70(16,17)53(7,8)9/h28,30,36,38-42,44-50,61H,20-27,29,31-34H2,1-19H3/b35-28+,37-30+/t36-,38+,39+,40-,41+,42-,44+,45-,46+,47-,48-,49+,50+,55+,56+/m0/s1. The van der Waals surface area contributed by atoms with Crippen LogP contribution in [-0.4, -0.2) is 139 Å². The zero-order valence-corrected chi connectivity index (χ0v) is 49.7. The molecule has 0 aromatic carbocycles. The maximum Gasteiger partial charge on any atom is 0.329 e. The van der Waals surface area contributed by atoms with Crippen LogP contribution in [0.15, 0.2) is 23.3 Å². The molecule has 1 aliphatic carbocycles. The highest BCUT2D eigenvalue weighted by atomic mass is 28.4. The monoisotopic (exact) mass is 1030 g/mol. The summed E-state index contributed by atoms with van der Waals surface area (Å²) in [7, 11) is 0.456. The molecule has 0 aromatic rings. The zero-order chi connectivity index (χ0) is 53.2. The van der Waals surface area contributed by atoms with Crippen molar-refractivity contribution in [3.8, 4) is 0 Å². The summed E-state index contributed by atoms with van der Waals surface area (Å²) >= 11 is 0. The quantitative estimate of drug-likeness (QED) is 0.0959. The summed E-state index contributed by atoms with van der Waals surface area (Å²) in [6, 6.07) is -0.939. The molecule has 2 bridgehead atoms. The molecule has 0 aromatic heterocycles. The van der Waals surface area contributed by atoms with Crippen molar-refractivity contribution in [3.05, 3.63) is 23.3 Å². The number of hydrogen-bond acceptors (Lipinski definition) is 12. The number of cyclic esters (lactones) is 1. The highest BCUT2D eigenvalue weighted by Gasteiger charge is 2.73. The number of Topliss-reactive ketones (excluding diaryl/α,β-unsaturated/α-hetero) is 1. The Morgan fingerprint density at radius 3 is 1.94 bits per heavy atom. The number of epoxide rings is 1. The normalized spacial score (nSPS) is 39.0. The van der Waals surface area contributed by atoms with Gasteiger partial charge in [-0.25, -0.2) is 4.79 Å². The molecule has 408 valence electrons. The molecule has 15 atom stereocenters.